The van der Waals surface area contributed by atoms with Gasteiger partial charge in [0, 0.05) is 22.6 Å². The number of nitrogens with one attached hydrogen (secondary N) is 2. The maximum absolute atomic E-state index is 12.1. The molecule has 7 heteroatoms. The molecule has 0 aliphatic heterocycles. The lowest BCUT2D eigenvalue weighted by molar-refractivity contribution is -0.136. The molecule has 1 heterocycles. The van der Waals surface area contributed by atoms with Crippen LogP contribution in [-0.4, -0.2) is 29.7 Å². The standard InChI is InChI=1S/C22H22N4O3/c1-15-13-17(16(2)26(15)18-9-5-4-6-10-18)14-23-25-22(28)21(27)24-19-11-7-8-12-20(19)29-3/h4-14H,1-3H3,(H,24,27)(H,25,28)/b23-14-. The van der Waals surface area contributed by atoms with Crippen LogP contribution in [0.2, 0.25) is 0 Å². The van der Waals surface area contributed by atoms with E-state index in [-0.39, 0.29) is 0 Å². The van der Waals surface area contributed by atoms with Gasteiger partial charge in [-0.25, -0.2) is 5.43 Å². The fourth-order valence-corrected chi connectivity index (χ4v) is 3.03. The number of hydrogen-bond donors (Lipinski definition) is 2. The molecule has 0 radical (unpaired) electrons. The molecule has 148 valence electrons. The number of rotatable bonds is 5. The summed E-state index contributed by atoms with van der Waals surface area (Å²) in [4.78, 5) is 24.1. The average Bonchev–Trinajstić information content (AvgIpc) is 3.02. The third kappa shape index (κ3) is 4.52. The number of carbonyl (C=O) groups excluding carboxylic acids is 2. The molecular weight excluding hydrogens is 368 g/mol. The van der Waals surface area contributed by atoms with Crippen LogP contribution in [0.5, 0.6) is 5.75 Å². The first kappa shape index (κ1) is 19.9. The number of hydrogen-bond acceptors (Lipinski definition) is 4. The third-order valence-corrected chi connectivity index (χ3v) is 4.42. The molecule has 0 bridgehead atoms. The first-order chi connectivity index (χ1) is 14.0. The van der Waals surface area contributed by atoms with E-state index in [9.17, 15) is 9.59 Å². The van der Waals surface area contributed by atoms with Gasteiger partial charge in [-0.15, -0.1) is 0 Å². The molecule has 29 heavy (non-hydrogen) atoms. The lowest BCUT2D eigenvalue weighted by atomic mass is 10.2. The largest absolute Gasteiger partial charge is 0.495 e. The zero-order chi connectivity index (χ0) is 20.8. The second kappa shape index (κ2) is 8.88. The minimum Gasteiger partial charge on any atom is -0.495 e. The highest BCUT2D eigenvalue weighted by Crippen LogP contribution is 2.23. The molecule has 2 N–H and O–H groups in total. The van der Waals surface area contributed by atoms with E-state index >= 15 is 0 Å². The maximum atomic E-state index is 12.1. The molecule has 0 fully saturated rings. The van der Waals surface area contributed by atoms with Gasteiger partial charge in [-0.1, -0.05) is 30.3 Å². The molecule has 7 nitrogen and oxygen atoms in total. The van der Waals surface area contributed by atoms with Gasteiger partial charge < -0.3 is 14.6 Å². The van der Waals surface area contributed by atoms with Crippen LogP contribution in [-0.2, 0) is 9.59 Å². The van der Waals surface area contributed by atoms with Gasteiger partial charge in [0.15, 0.2) is 0 Å². The summed E-state index contributed by atoms with van der Waals surface area (Å²) < 4.78 is 7.24. The van der Waals surface area contributed by atoms with Crippen LogP contribution in [0, 0.1) is 13.8 Å². The van der Waals surface area contributed by atoms with Gasteiger partial charge in [-0.3, -0.25) is 9.59 Å². The van der Waals surface area contributed by atoms with Gasteiger partial charge in [-0.05, 0) is 44.2 Å². The number of aryl methyl sites for hydroxylation is 1. The number of carbonyl (C=O) groups is 2. The highest BCUT2D eigenvalue weighted by Gasteiger charge is 2.15. The summed E-state index contributed by atoms with van der Waals surface area (Å²) in [6, 6.07) is 18.8. The van der Waals surface area contributed by atoms with Crippen molar-refractivity contribution >= 4 is 23.7 Å². The summed E-state index contributed by atoms with van der Waals surface area (Å²) >= 11 is 0. The van der Waals surface area contributed by atoms with Crippen molar-refractivity contribution in [3.05, 3.63) is 77.6 Å². The van der Waals surface area contributed by atoms with E-state index in [1.54, 1.807) is 24.3 Å². The number of benzene rings is 2. The van der Waals surface area contributed by atoms with Crippen LogP contribution < -0.4 is 15.5 Å². The lowest BCUT2D eigenvalue weighted by Crippen LogP contribution is -2.32. The van der Waals surface area contributed by atoms with Crippen molar-refractivity contribution < 1.29 is 14.3 Å². The summed E-state index contributed by atoms with van der Waals surface area (Å²) in [5.41, 5.74) is 6.56. The zero-order valence-electron chi connectivity index (χ0n) is 16.5. The number of para-hydroxylation sites is 3. The molecule has 3 aromatic rings. The van der Waals surface area contributed by atoms with Crippen molar-refractivity contribution in [1.82, 2.24) is 9.99 Å². The van der Waals surface area contributed by atoms with Crippen molar-refractivity contribution in [3.8, 4) is 11.4 Å². The van der Waals surface area contributed by atoms with Crippen molar-refractivity contribution in [1.29, 1.82) is 0 Å². The Balaban J connectivity index is 1.67. The second-order valence-electron chi connectivity index (χ2n) is 6.35. The van der Waals surface area contributed by atoms with E-state index in [2.05, 4.69) is 20.4 Å². The van der Waals surface area contributed by atoms with Gasteiger partial charge >= 0.3 is 11.8 Å². The average molecular weight is 390 g/mol. The Morgan fingerprint density at radius 3 is 2.41 bits per heavy atom. The molecule has 3 rings (SSSR count). The molecule has 0 spiro atoms. The molecule has 0 aliphatic rings. The van der Waals surface area contributed by atoms with Crippen LogP contribution in [0.25, 0.3) is 5.69 Å². The van der Waals surface area contributed by atoms with E-state index in [1.165, 1.54) is 13.3 Å². The van der Waals surface area contributed by atoms with E-state index in [1.807, 2.05) is 50.2 Å². The Bertz CT molecular complexity index is 1060. The minimum atomic E-state index is -0.871. The SMILES string of the molecule is COc1ccccc1NC(=O)C(=O)N/N=C\c1cc(C)n(-c2ccccc2)c1C. The predicted molar refractivity (Wildman–Crippen MR) is 113 cm³/mol. The fraction of sp³-hybridized carbons (Fsp3) is 0.136. The summed E-state index contributed by atoms with van der Waals surface area (Å²) in [6.45, 7) is 3.97. The van der Waals surface area contributed by atoms with Crippen molar-refractivity contribution in [2.45, 2.75) is 13.8 Å². The van der Waals surface area contributed by atoms with Crippen molar-refractivity contribution in [3.63, 3.8) is 0 Å². The Kier molecular flexibility index (Phi) is 6.09. The number of amides is 2. The summed E-state index contributed by atoms with van der Waals surface area (Å²) in [5, 5.41) is 6.43. The van der Waals surface area contributed by atoms with Gasteiger partial charge in [0.1, 0.15) is 5.75 Å². The monoisotopic (exact) mass is 390 g/mol. The van der Waals surface area contributed by atoms with Crippen LogP contribution in [0.1, 0.15) is 17.0 Å². The normalized spacial score (nSPS) is 10.7. The van der Waals surface area contributed by atoms with E-state index in [4.69, 9.17) is 4.74 Å². The number of hydrazone groups is 1. The zero-order valence-corrected chi connectivity index (χ0v) is 16.5. The summed E-state index contributed by atoms with van der Waals surface area (Å²) in [7, 11) is 1.49. The Hall–Kier alpha value is -3.87. The molecule has 2 amide bonds. The molecule has 1 aromatic heterocycles. The lowest BCUT2D eigenvalue weighted by Gasteiger charge is -2.09. The molecular formula is C22H22N4O3. The second-order valence-corrected chi connectivity index (χ2v) is 6.35. The smallest absolute Gasteiger partial charge is 0.329 e. The van der Waals surface area contributed by atoms with E-state index < -0.39 is 11.8 Å². The number of anilines is 1. The van der Waals surface area contributed by atoms with Gasteiger partial charge in [0.05, 0.1) is 19.0 Å². The first-order valence-corrected chi connectivity index (χ1v) is 9.03. The molecule has 2 aromatic carbocycles. The number of ether oxygens (including phenoxy) is 1. The Morgan fingerprint density at radius 1 is 1.00 bits per heavy atom. The van der Waals surface area contributed by atoms with Gasteiger partial charge in [0.2, 0.25) is 0 Å². The van der Waals surface area contributed by atoms with Crippen LogP contribution in [0.15, 0.2) is 65.8 Å². The van der Waals surface area contributed by atoms with Crippen LogP contribution >= 0.6 is 0 Å². The number of aromatic nitrogens is 1. The molecule has 0 saturated carbocycles. The van der Waals surface area contributed by atoms with Gasteiger partial charge in [-0.2, -0.15) is 5.10 Å². The van der Waals surface area contributed by atoms with Crippen LogP contribution in [0.3, 0.4) is 0 Å². The Morgan fingerprint density at radius 2 is 1.69 bits per heavy atom. The summed E-state index contributed by atoms with van der Waals surface area (Å²) in [6.07, 6.45) is 1.52. The molecule has 0 unspecified atom stereocenters. The number of nitrogens with zero attached hydrogens (tertiary/aromatic N) is 2. The van der Waals surface area contributed by atoms with Crippen LogP contribution in [0.4, 0.5) is 5.69 Å². The Labute approximate surface area is 169 Å². The van der Waals surface area contributed by atoms with Crippen molar-refractivity contribution in [2.75, 3.05) is 12.4 Å². The molecule has 0 atom stereocenters. The number of methoxy groups -OCH3 is 1. The molecule has 0 aliphatic carbocycles. The van der Waals surface area contributed by atoms with E-state index in [0.717, 1.165) is 22.6 Å². The van der Waals surface area contributed by atoms with Gasteiger partial charge in [0.25, 0.3) is 0 Å². The summed E-state index contributed by atoms with van der Waals surface area (Å²) in [5.74, 6) is -1.24. The van der Waals surface area contributed by atoms with E-state index in [0.29, 0.717) is 11.4 Å². The topological polar surface area (TPSA) is 84.7 Å². The fourth-order valence-electron chi connectivity index (χ4n) is 3.03. The quantitative estimate of drug-likeness (QED) is 0.399. The minimum absolute atomic E-state index is 0.408. The highest BCUT2D eigenvalue weighted by atomic mass is 16.5. The highest BCUT2D eigenvalue weighted by molar-refractivity contribution is 6.39. The third-order valence-electron chi connectivity index (χ3n) is 4.42. The maximum Gasteiger partial charge on any atom is 0.329 e. The van der Waals surface area contributed by atoms with Crippen molar-refractivity contribution in [2.24, 2.45) is 5.10 Å². The predicted octanol–water partition coefficient (Wildman–Crippen LogP) is 3.19. The first-order valence-electron chi connectivity index (χ1n) is 9.03. The molecule has 0 saturated heterocycles.